The molecule has 1 aliphatic rings. The van der Waals surface area contributed by atoms with Crippen molar-refractivity contribution in [3.8, 4) is 23.0 Å². The van der Waals surface area contributed by atoms with Gasteiger partial charge < -0.3 is 23.8 Å². The summed E-state index contributed by atoms with van der Waals surface area (Å²) in [5, 5.41) is 0. The van der Waals surface area contributed by atoms with Gasteiger partial charge in [-0.2, -0.15) is 0 Å². The number of nitrogens with zero attached hydrogens (tertiary/aromatic N) is 1. The summed E-state index contributed by atoms with van der Waals surface area (Å²) in [6.07, 6.45) is 2.03. The van der Waals surface area contributed by atoms with E-state index in [0.717, 1.165) is 29.9 Å². The molecule has 0 bridgehead atoms. The average Bonchev–Trinajstić information content (AvgIpc) is 2.73. The fourth-order valence-electron chi connectivity index (χ4n) is 3.00. The largest absolute Gasteiger partial charge is 0.493 e. The Labute approximate surface area is 166 Å². The van der Waals surface area contributed by atoms with Crippen molar-refractivity contribution in [2.45, 2.75) is 26.3 Å². The third-order valence-electron chi connectivity index (χ3n) is 4.54. The van der Waals surface area contributed by atoms with Gasteiger partial charge in [0.05, 0.1) is 13.7 Å². The number of ether oxygens (including phenoxy) is 4. The van der Waals surface area contributed by atoms with Crippen LogP contribution in [0.5, 0.6) is 23.0 Å². The van der Waals surface area contributed by atoms with E-state index in [9.17, 15) is 4.79 Å². The van der Waals surface area contributed by atoms with Crippen molar-refractivity contribution in [2.75, 3.05) is 34.0 Å². The van der Waals surface area contributed by atoms with Crippen LogP contribution in [0.1, 0.15) is 35.7 Å². The standard InChI is InChI=1S/C22H27NO5/c1-4-5-10-26-18-9-7-17(14-20(18)25-3)22(24)23(2)15-16-6-8-19-21(13-16)28-12-11-27-19/h6-9,13-14H,4-5,10-12,15H2,1-3H3. The molecule has 150 valence electrons. The third kappa shape index (κ3) is 4.68. The van der Waals surface area contributed by atoms with Crippen LogP contribution in [-0.4, -0.2) is 44.8 Å². The summed E-state index contributed by atoms with van der Waals surface area (Å²) in [4.78, 5) is 14.5. The zero-order valence-corrected chi connectivity index (χ0v) is 16.7. The number of amides is 1. The average molecular weight is 385 g/mol. The maximum Gasteiger partial charge on any atom is 0.254 e. The van der Waals surface area contributed by atoms with Crippen LogP contribution in [0.3, 0.4) is 0 Å². The van der Waals surface area contributed by atoms with Crippen molar-refractivity contribution in [2.24, 2.45) is 0 Å². The van der Waals surface area contributed by atoms with Crippen LogP contribution >= 0.6 is 0 Å². The van der Waals surface area contributed by atoms with E-state index in [2.05, 4.69) is 6.92 Å². The molecule has 1 heterocycles. The number of benzene rings is 2. The number of hydrogen-bond acceptors (Lipinski definition) is 5. The molecule has 0 saturated heterocycles. The minimum absolute atomic E-state index is 0.0895. The molecule has 0 unspecified atom stereocenters. The van der Waals surface area contributed by atoms with Crippen molar-refractivity contribution in [1.29, 1.82) is 0 Å². The molecular formula is C22H27NO5. The molecule has 0 aliphatic carbocycles. The van der Waals surface area contributed by atoms with E-state index in [1.165, 1.54) is 0 Å². The summed E-state index contributed by atoms with van der Waals surface area (Å²) in [5.74, 6) is 2.59. The number of hydrogen-bond donors (Lipinski definition) is 0. The third-order valence-corrected chi connectivity index (χ3v) is 4.54. The first-order valence-electron chi connectivity index (χ1n) is 9.57. The first kappa shape index (κ1) is 19.9. The van der Waals surface area contributed by atoms with Crippen molar-refractivity contribution in [3.05, 3.63) is 47.5 Å². The van der Waals surface area contributed by atoms with Crippen LogP contribution in [0.15, 0.2) is 36.4 Å². The molecule has 0 spiro atoms. The van der Waals surface area contributed by atoms with Crippen molar-refractivity contribution in [3.63, 3.8) is 0 Å². The Morgan fingerprint density at radius 2 is 1.86 bits per heavy atom. The molecule has 2 aromatic carbocycles. The molecule has 0 fully saturated rings. The fourth-order valence-corrected chi connectivity index (χ4v) is 3.00. The first-order chi connectivity index (χ1) is 13.6. The highest BCUT2D eigenvalue weighted by Gasteiger charge is 2.17. The highest BCUT2D eigenvalue weighted by molar-refractivity contribution is 5.94. The highest BCUT2D eigenvalue weighted by atomic mass is 16.6. The Balaban J connectivity index is 1.68. The number of carbonyl (C=O) groups is 1. The van der Waals surface area contributed by atoms with Crippen molar-refractivity contribution < 1.29 is 23.7 Å². The molecule has 6 nitrogen and oxygen atoms in total. The fraction of sp³-hybridized carbons (Fsp3) is 0.409. The van der Waals surface area contributed by atoms with Gasteiger partial charge in [-0.25, -0.2) is 0 Å². The van der Waals surface area contributed by atoms with Gasteiger partial charge in [0.1, 0.15) is 13.2 Å². The number of fused-ring (bicyclic) bond motifs is 1. The second-order valence-corrected chi connectivity index (χ2v) is 6.71. The van der Waals surface area contributed by atoms with Crippen LogP contribution in [-0.2, 0) is 6.54 Å². The van der Waals surface area contributed by atoms with Gasteiger partial charge in [-0.3, -0.25) is 4.79 Å². The Kier molecular flexibility index (Phi) is 6.63. The lowest BCUT2D eigenvalue weighted by atomic mass is 10.1. The zero-order valence-electron chi connectivity index (χ0n) is 16.7. The van der Waals surface area contributed by atoms with Gasteiger partial charge >= 0.3 is 0 Å². The number of carbonyl (C=O) groups excluding carboxylic acids is 1. The first-order valence-corrected chi connectivity index (χ1v) is 9.57. The normalized spacial score (nSPS) is 12.4. The Morgan fingerprint density at radius 3 is 2.61 bits per heavy atom. The molecule has 0 atom stereocenters. The van der Waals surface area contributed by atoms with Gasteiger partial charge in [0.25, 0.3) is 5.91 Å². The van der Waals surface area contributed by atoms with E-state index >= 15 is 0 Å². The van der Waals surface area contributed by atoms with Gasteiger partial charge in [0.2, 0.25) is 0 Å². The Morgan fingerprint density at radius 1 is 1.07 bits per heavy atom. The number of rotatable bonds is 8. The lowest BCUT2D eigenvalue weighted by Gasteiger charge is -2.21. The zero-order chi connectivity index (χ0) is 19.9. The van der Waals surface area contributed by atoms with E-state index < -0.39 is 0 Å². The SMILES string of the molecule is CCCCOc1ccc(C(=O)N(C)Cc2ccc3c(c2)OCCO3)cc1OC. The molecular weight excluding hydrogens is 358 g/mol. The smallest absolute Gasteiger partial charge is 0.254 e. The van der Waals surface area contributed by atoms with Gasteiger partial charge in [-0.15, -0.1) is 0 Å². The van der Waals surface area contributed by atoms with E-state index in [-0.39, 0.29) is 5.91 Å². The van der Waals surface area contributed by atoms with E-state index in [1.807, 2.05) is 18.2 Å². The summed E-state index contributed by atoms with van der Waals surface area (Å²) in [5.41, 5.74) is 1.53. The van der Waals surface area contributed by atoms with Gasteiger partial charge in [0, 0.05) is 19.2 Å². The second-order valence-electron chi connectivity index (χ2n) is 6.71. The van der Waals surface area contributed by atoms with Crippen molar-refractivity contribution in [1.82, 2.24) is 4.90 Å². The van der Waals surface area contributed by atoms with Crippen molar-refractivity contribution >= 4 is 5.91 Å². The quantitative estimate of drug-likeness (QED) is 0.645. The van der Waals surface area contributed by atoms with E-state index in [1.54, 1.807) is 37.3 Å². The maximum absolute atomic E-state index is 12.9. The van der Waals surface area contributed by atoms with Crippen LogP contribution in [0, 0.1) is 0 Å². The molecule has 1 amide bonds. The topological polar surface area (TPSA) is 57.2 Å². The van der Waals surface area contributed by atoms with E-state index in [4.69, 9.17) is 18.9 Å². The summed E-state index contributed by atoms with van der Waals surface area (Å²) in [6, 6.07) is 11.0. The van der Waals surface area contributed by atoms with Crippen LogP contribution in [0.25, 0.3) is 0 Å². The van der Waals surface area contributed by atoms with Crippen LogP contribution < -0.4 is 18.9 Å². The number of unbranched alkanes of at least 4 members (excludes halogenated alkanes) is 1. The van der Waals surface area contributed by atoms with Crippen LogP contribution in [0.4, 0.5) is 0 Å². The molecule has 0 N–H and O–H groups in total. The Bertz CT molecular complexity index is 821. The number of methoxy groups -OCH3 is 1. The second kappa shape index (κ2) is 9.35. The molecule has 6 heteroatoms. The van der Waals surface area contributed by atoms with Crippen LogP contribution in [0.2, 0.25) is 0 Å². The van der Waals surface area contributed by atoms with Gasteiger partial charge in [-0.1, -0.05) is 19.4 Å². The summed E-state index contributed by atoms with van der Waals surface area (Å²) >= 11 is 0. The molecule has 1 aliphatic heterocycles. The summed E-state index contributed by atoms with van der Waals surface area (Å²) in [7, 11) is 3.35. The molecule has 28 heavy (non-hydrogen) atoms. The highest BCUT2D eigenvalue weighted by Crippen LogP contribution is 2.32. The molecule has 2 aromatic rings. The summed E-state index contributed by atoms with van der Waals surface area (Å²) in [6.45, 7) is 4.30. The minimum atomic E-state index is -0.0895. The van der Waals surface area contributed by atoms with E-state index in [0.29, 0.717) is 43.4 Å². The Hall–Kier alpha value is -2.89. The molecule has 3 rings (SSSR count). The summed E-state index contributed by atoms with van der Waals surface area (Å²) < 4.78 is 22.3. The molecule has 0 aromatic heterocycles. The monoisotopic (exact) mass is 385 g/mol. The maximum atomic E-state index is 12.9. The van der Waals surface area contributed by atoms with Gasteiger partial charge in [-0.05, 0) is 42.3 Å². The minimum Gasteiger partial charge on any atom is -0.493 e. The lowest BCUT2D eigenvalue weighted by molar-refractivity contribution is 0.0784. The lowest BCUT2D eigenvalue weighted by Crippen LogP contribution is -2.26. The van der Waals surface area contributed by atoms with Gasteiger partial charge in [0.15, 0.2) is 23.0 Å². The molecule has 0 saturated carbocycles. The predicted octanol–water partition coefficient (Wildman–Crippen LogP) is 3.92. The predicted molar refractivity (Wildman–Crippen MR) is 107 cm³/mol. The molecule has 0 radical (unpaired) electrons.